The highest BCUT2D eigenvalue weighted by atomic mass is 16.5. The number of hydrogen-bond donors (Lipinski definition) is 1. The third-order valence-electron chi connectivity index (χ3n) is 3.69. The van der Waals surface area contributed by atoms with Crippen LogP contribution in [0.15, 0.2) is 30.3 Å². The van der Waals surface area contributed by atoms with E-state index in [4.69, 9.17) is 9.47 Å². The van der Waals surface area contributed by atoms with Gasteiger partial charge in [-0.05, 0) is 18.1 Å². The van der Waals surface area contributed by atoms with Gasteiger partial charge in [-0.3, -0.25) is 9.59 Å². The number of rotatable bonds is 6. The zero-order valence-corrected chi connectivity index (χ0v) is 13.7. The van der Waals surface area contributed by atoms with Gasteiger partial charge in [0.2, 0.25) is 5.91 Å². The molecule has 0 aromatic heterocycles. The van der Waals surface area contributed by atoms with E-state index in [9.17, 15) is 9.59 Å². The molecule has 0 aliphatic carbocycles. The normalized spacial score (nSPS) is 16.0. The molecule has 1 aromatic rings. The first-order valence-electron chi connectivity index (χ1n) is 7.91. The standard InChI is InChI=1S/C17H24N2O4/c1-13(2)16(17(21)19-8-10-22-11-9-19)18-15(20)12-23-14-6-4-3-5-7-14/h3-7,13,16H,8-12H2,1-2H3,(H,18,20). The van der Waals surface area contributed by atoms with E-state index in [1.165, 1.54) is 0 Å². The first-order valence-corrected chi connectivity index (χ1v) is 7.91. The summed E-state index contributed by atoms with van der Waals surface area (Å²) in [5.74, 6) is 0.278. The molecule has 0 saturated carbocycles. The smallest absolute Gasteiger partial charge is 0.258 e. The van der Waals surface area contributed by atoms with Gasteiger partial charge in [-0.15, -0.1) is 0 Å². The van der Waals surface area contributed by atoms with E-state index in [2.05, 4.69) is 5.32 Å². The van der Waals surface area contributed by atoms with Crippen LogP contribution in [-0.4, -0.2) is 55.7 Å². The SMILES string of the molecule is CC(C)C(NC(=O)COc1ccccc1)C(=O)N1CCOCC1. The van der Waals surface area contributed by atoms with Gasteiger partial charge in [0.1, 0.15) is 11.8 Å². The van der Waals surface area contributed by atoms with Crippen LogP contribution in [0.3, 0.4) is 0 Å². The minimum atomic E-state index is -0.542. The fourth-order valence-corrected chi connectivity index (χ4v) is 2.37. The molecular formula is C17H24N2O4. The van der Waals surface area contributed by atoms with Gasteiger partial charge in [0.25, 0.3) is 5.91 Å². The monoisotopic (exact) mass is 320 g/mol. The lowest BCUT2D eigenvalue weighted by Gasteiger charge is -2.32. The van der Waals surface area contributed by atoms with Crippen LogP contribution < -0.4 is 10.1 Å². The number of carbonyl (C=O) groups is 2. The second-order valence-electron chi connectivity index (χ2n) is 5.83. The summed E-state index contributed by atoms with van der Waals surface area (Å²) in [5.41, 5.74) is 0. The second-order valence-corrected chi connectivity index (χ2v) is 5.83. The van der Waals surface area contributed by atoms with Crippen molar-refractivity contribution in [1.29, 1.82) is 0 Å². The maximum absolute atomic E-state index is 12.6. The van der Waals surface area contributed by atoms with Crippen LogP contribution in [-0.2, 0) is 14.3 Å². The number of para-hydroxylation sites is 1. The zero-order valence-electron chi connectivity index (χ0n) is 13.7. The average Bonchev–Trinajstić information content (AvgIpc) is 2.58. The zero-order chi connectivity index (χ0) is 16.7. The molecule has 1 heterocycles. The number of hydrogen-bond acceptors (Lipinski definition) is 4. The highest BCUT2D eigenvalue weighted by molar-refractivity contribution is 5.88. The highest BCUT2D eigenvalue weighted by Gasteiger charge is 2.29. The first kappa shape index (κ1) is 17.3. The van der Waals surface area contributed by atoms with Gasteiger partial charge in [0.15, 0.2) is 6.61 Å². The summed E-state index contributed by atoms with van der Waals surface area (Å²) in [5, 5.41) is 2.79. The van der Waals surface area contributed by atoms with Crippen LogP contribution in [0, 0.1) is 5.92 Å². The Morgan fingerprint density at radius 3 is 2.48 bits per heavy atom. The summed E-state index contributed by atoms with van der Waals surface area (Å²) in [6.07, 6.45) is 0. The van der Waals surface area contributed by atoms with Crippen molar-refractivity contribution in [2.75, 3.05) is 32.9 Å². The van der Waals surface area contributed by atoms with Gasteiger partial charge in [0.05, 0.1) is 13.2 Å². The van der Waals surface area contributed by atoms with Crippen molar-refractivity contribution in [1.82, 2.24) is 10.2 Å². The van der Waals surface area contributed by atoms with E-state index >= 15 is 0 Å². The lowest BCUT2D eigenvalue weighted by Crippen LogP contribution is -2.54. The summed E-state index contributed by atoms with van der Waals surface area (Å²) in [6.45, 7) is 5.95. The fraction of sp³-hybridized carbons (Fsp3) is 0.529. The Morgan fingerprint density at radius 1 is 1.22 bits per heavy atom. The maximum Gasteiger partial charge on any atom is 0.258 e. The Bertz CT molecular complexity index is 513. The predicted molar refractivity (Wildman–Crippen MR) is 86.1 cm³/mol. The van der Waals surface area contributed by atoms with E-state index < -0.39 is 6.04 Å². The molecule has 1 unspecified atom stereocenters. The molecule has 1 N–H and O–H groups in total. The summed E-state index contributed by atoms with van der Waals surface area (Å²) in [4.78, 5) is 26.4. The Balaban J connectivity index is 1.87. The molecule has 6 nitrogen and oxygen atoms in total. The largest absolute Gasteiger partial charge is 0.484 e. The summed E-state index contributed by atoms with van der Waals surface area (Å²) < 4.78 is 10.7. The molecule has 23 heavy (non-hydrogen) atoms. The number of nitrogens with zero attached hydrogens (tertiary/aromatic N) is 1. The van der Waals surface area contributed by atoms with Crippen molar-refractivity contribution in [2.24, 2.45) is 5.92 Å². The summed E-state index contributed by atoms with van der Waals surface area (Å²) in [6, 6.07) is 8.58. The molecular weight excluding hydrogens is 296 g/mol. The van der Waals surface area contributed by atoms with E-state index in [1.807, 2.05) is 32.0 Å². The lowest BCUT2D eigenvalue weighted by molar-refractivity contribution is -0.141. The molecule has 126 valence electrons. The number of benzene rings is 1. The van der Waals surface area contributed by atoms with E-state index in [0.717, 1.165) is 0 Å². The van der Waals surface area contributed by atoms with Crippen LogP contribution >= 0.6 is 0 Å². The van der Waals surface area contributed by atoms with Gasteiger partial charge in [-0.2, -0.15) is 0 Å². The lowest BCUT2D eigenvalue weighted by atomic mass is 10.0. The molecule has 1 atom stereocenters. The third kappa shape index (κ3) is 5.25. The van der Waals surface area contributed by atoms with Crippen molar-refractivity contribution in [3.05, 3.63) is 30.3 Å². The van der Waals surface area contributed by atoms with E-state index in [-0.39, 0.29) is 24.3 Å². The highest BCUT2D eigenvalue weighted by Crippen LogP contribution is 2.10. The van der Waals surface area contributed by atoms with Gasteiger partial charge >= 0.3 is 0 Å². The van der Waals surface area contributed by atoms with Crippen molar-refractivity contribution in [3.63, 3.8) is 0 Å². The maximum atomic E-state index is 12.6. The first-order chi connectivity index (χ1) is 11.1. The molecule has 2 amide bonds. The molecule has 0 spiro atoms. The molecule has 0 bridgehead atoms. The van der Waals surface area contributed by atoms with Crippen LogP contribution in [0.2, 0.25) is 0 Å². The van der Waals surface area contributed by atoms with Gasteiger partial charge in [0, 0.05) is 13.1 Å². The van der Waals surface area contributed by atoms with Crippen LogP contribution in [0.4, 0.5) is 0 Å². The van der Waals surface area contributed by atoms with Crippen molar-refractivity contribution in [2.45, 2.75) is 19.9 Å². The fourth-order valence-electron chi connectivity index (χ4n) is 2.37. The van der Waals surface area contributed by atoms with Crippen LogP contribution in [0.5, 0.6) is 5.75 Å². The summed E-state index contributed by atoms with van der Waals surface area (Å²) in [7, 11) is 0. The van der Waals surface area contributed by atoms with Crippen LogP contribution in [0.25, 0.3) is 0 Å². The van der Waals surface area contributed by atoms with Crippen molar-refractivity contribution >= 4 is 11.8 Å². The minimum absolute atomic E-state index is 0.00557. The van der Waals surface area contributed by atoms with E-state index in [1.54, 1.807) is 17.0 Å². The van der Waals surface area contributed by atoms with Gasteiger partial charge < -0.3 is 19.7 Å². The Morgan fingerprint density at radius 2 is 1.87 bits per heavy atom. The Kier molecular flexibility index (Phi) is 6.40. The topological polar surface area (TPSA) is 67.9 Å². The Labute approximate surface area is 136 Å². The van der Waals surface area contributed by atoms with Crippen molar-refractivity contribution < 1.29 is 19.1 Å². The number of ether oxygens (including phenoxy) is 2. The molecule has 6 heteroatoms. The predicted octanol–water partition coefficient (Wildman–Crippen LogP) is 1.06. The van der Waals surface area contributed by atoms with Gasteiger partial charge in [-0.25, -0.2) is 0 Å². The molecule has 2 rings (SSSR count). The van der Waals surface area contributed by atoms with Crippen LogP contribution in [0.1, 0.15) is 13.8 Å². The average molecular weight is 320 g/mol. The molecule has 1 fully saturated rings. The van der Waals surface area contributed by atoms with E-state index in [0.29, 0.717) is 32.1 Å². The number of morpholine rings is 1. The second kappa shape index (κ2) is 8.53. The molecule has 1 aliphatic heterocycles. The van der Waals surface area contributed by atoms with Crippen molar-refractivity contribution in [3.8, 4) is 5.75 Å². The van der Waals surface area contributed by atoms with Gasteiger partial charge in [-0.1, -0.05) is 32.0 Å². The number of carbonyl (C=O) groups excluding carboxylic acids is 2. The quantitative estimate of drug-likeness (QED) is 0.851. The minimum Gasteiger partial charge on any atom is -0.484 e. The Hall–Kier alpha value is -2.08. The molecule has 1 aromatic carbocycles. The molecule has 1 saturated heterocycles. The third-order valence-corrected chi connectivity index (χ3v) is 3.69. The molecule has 1 aliphatic rings. The number of nitrogens with one attached hydrogen (secondary N) is 1. The summed E-state index contributed by atoms with van der Waals surface area (Å²) >= 11 is 0. The molecule has 0 radical (unpaired) electrons. The number of amides is 2.